The molecule has 0 aliphatic heterocycles. The summed E-state index contributed by atoms with van der Waals surface area (Å²) in [5.74, 6) is -0.188. The number of hydrogen-bond donors (Lipinski definition) is 1. The summed E-state index contributed by atoms with van der Waals surface area (Å²) in [6, 6.07) is -0.650. The quantitative estimate of drug-likeness (QED) is 0.481. The summed E-state index contributed by atoms with van der Waals surface area (Å²) in [5.41, 5.74) is 0. The molecule has 1 saturated carbocycles. The van der Waals surface area contributed by atoms with Crippen LogP contribution in [-0.2, 0) is 4.79 Å². The Hall–Kier alpha value is -1.96. The van der Waals surface area contributed by atoms with E-state index in [0.717, 1.165) is 25.7 Å². The van der Waals surface area contributed by atoms with Crippen LogP contribution in [0.3, 0.4) is 0 Å². The van der Waals surface area contributed by atoms with E-state index in [1.54, 1.807) is 0 Å². The van der Waals surface area contributed by atoms with Crippen LogP contribution in [-0.4, -0.2) is 60.0 Å². The van der Waals surface area contributed by atoms with E-state index in [2.05, 4.69) is 15.5 Å². The lowest BCUT2D eigenvalue weighted by Crippen LogP contribution is -2.44. The first kappa shape index (κ1) is 22.3. The highest BCUT2D eigenvalue weighted by atomic mass is 16.6. The van der Waals surface area contributed by atoms with Gasteiger partial charge in [-0.1, -0.05) is 39.5 Å². The molecule has 1 N–H and O–H groups in total. The summed E-state index contributed by atoms with van der Waals surface area (Å²) in [6.45, 7) is 5.12. The van der Waals surface area contributed by atoms with E-state index in [-0.39, 0.29) is 35.4 Å². The lowest BCUT2D eigenvalue weighted by atomic mass is 9.96. The molecule has 8 heteroatoms. The largest absolute Gasteiger partial charge is 0.447 e. The second-order valence-electron chi connectivity index (χ2n) is 8.28. The molecule has 0 bridgehead atoms. The van der Waals surface area contributed by atoms with Crippen molar-refractivity contribution in [3.05, 3.63) is 5.82 Å². The van der Waals surface area contributed by atoms with Gasteiger partial charge >= 0.3 is 6.08 Å². The van der Waals surface area contributed by atoms with Crippen LogP contribution in [0.15, 0.2) is 4.52 Å². The predicted molar refractivity (Wildman–Crippen MR) is 105 cm³/mol. The van der Waals surface area contributed by atoms with Gasteiger partial charge in [0.15, 0.2) is 0 Å². The first-order chi connectivity index (χ1) is 13.4. The average molecular weight is 395 g/mol. The first-order valence-corrected chi connectivity index (χ1v) is 10.3. The smallest absolute Gasteiger partial charge is 0.417 e. The Morgan fingerprint density at radius 1 is 1.21 bits per heavy atom. The van der Waals surface area contributed by atoms with Gasteiger partial charge in [0.1, 0.15) is 6.61 Å². The van der Waals surface area contributed by atoms with E-state index in [9.17, 15) is 9.59 Å². The third-order valence-corrected chi connectivity index (χ3v) is 4.96. The second-order valence-corrected chi connectivity index (χ2v) is 8.28. The van der Waals surface area contributed by atoms with Crippen LogP contribution < -0.4 is 10.1 Å². The Morgan fingerprint density at radius 2 is 1.89 bits per heavy atom. The monoisotopic (exact) mass is 394 g/mol. The number of amides is 1. The number of ketones is 1. The predicted octanol–water partition coefficient (Wildman–Crippen LogP) is 2.69. The zero-order chi connectivity index (χ0) is 20.5. The Kier molecular flexibility index (Phi) is 8.89. The van der Waals surface area contributed by atoms with E-state index in [0.29, 0.717) is 19.6 Å². The Labute approximate surface area is 167 Å². The zero-order valence-corrected chi connectivity index (χ0v) is 17.6. The number of ether oxygens (including phenoxy) is 1. The van der Waals surface area contributed by atoms with Crippen molar-refractivity contribution >= 4 is 11.7 Å². The van der Waals surface area contributed by atoms with Gasteiger partial charge < -0.3 is 15.0 Å². The minimum Gasteiger partial charge on any atom is -0.447 e. The van der Waals surface area contributed by atoms with Crippen molar-refractivity contribution in [2.75, 3.05) is 27.2 Å². The van der Waals surface area contributed by atoms with Gasteiger partial charge in [0.25, 0.3) is 0 Å². The number of Topliss-reactive ketones (excluding diaryl/α,β-unsaturated/α-hetero) is 1. The number of nitrogens with zero attached hydrogens (tertiary/aromatic N) is 3. The third kappa shape index (κ3) is 7.22. The van der Waals surface area contributed by atoms with Crippen LogP contribution in [0.1, 0.15) is 69.4 Å². The van der Waals surface area contributed by atoms with Crippen molar-refractivity contribution in [3.63, 3.8) is 0 Å². The minimum atomic E-state index is -0.650. The van der Waals surface area contributed by atoms with Gasteiger partial charge in [0.05, 0.1) is 6.04 Å². The molecular weight excluding hydrogens is 360 g/mol. The van der Waals surface area contributed by atoms with Crippen molar-refractivity contribution < 1.29 is 18.8 Å². The van der Waals surface area contributed by atoms with E-state index < -0.39 is 6.04 Å². The molecule has 0 saturated heterocycles. The lowest BCUT2D eigenvalue weighted by Gasteiger charge is -2.21. The van der Waals surface area contributed by atoms with Crippen LogP contribution in [0, 0.1) is 11.8 Å². The van der Waals surface area contributed by atoms with Crippen LogP contribution in [0.5, 0.6) is 6.08 Å². The molecule has 1 aromatic heterocycles. The number of aromatic nitrogens is 2. The summed E-state index contributed by atoms with van der Waals surface area (Å²) in [4.78, 5) is 31.6. The molecule has 0 spiro atoms. The molecule has 1 unspecified atom stereocenters. The van der Waals surface area contributed by atoms with E-state index in [1.165, 1.54) is 12.8 Å². The standard InChI is InChI=1S/C20H34N4O4/c1-14(2)13-16(21-19(26)15-9-7-5-6-8-10-15)17(25)18-22-20(28-23-18)27-12-11-24(3)4/h14-16H,5-13H2,1-4H3,(H,21,26). The summed E-state index contributed by atoms with van der Waals surface area (Å²) >= 11 is 0. The molecule has 1 amide bonds. The highest BCUT2D eigenvalue weighted by Gasteiger charge is 2.30. The van der Waals surface area contributed by atoms with Crippen molar-refractivity contribution in [2.45, 2.75) is 64.8 Å². The molecule has 1 aliphatic carbocycles. The number of nitrogens with one attached hydrogen (secondary N) is 1. The van der Waals surface area contributed by atoms with Crippen molar-refractivity contribution in [2.24, 2.45) is 11.8 Å². The SMILES string of the molecule is CC(C)CC(NC(=O)C1CCCCCC1)C(=O)c1noc(OCCN(C)C)n1. The molecule has 1 aliphatic rings. The zero-order valence-electron chi connectivity index (χ0n) is 17.6. The summed E-state index contributed by atoms with van der Waals surface area (Å²) in [5, 5.41) is 6.71. The number of carbonyl (C=O) groups is 2. The average Bonchev–Trinajstić information content (AvgIpc) is 2.92. The van der Waals surface area contributed by atoms with Gasteiger partial charge in [-0.2, -0.15) is 0 Å². The van der Waals surface area contributed by atoms with Crippen LogP contribution in [0.25, 0.3) is 0 Å². The molecule has 1 aromatic rings. The maximum atomic E-state index is 12.9. The molecule has 1 heterocycles. The molecule has 1 fully saturated rings. The Bertz CT molecular complexity index is 621. The molecule has 8 nitrogen and oxygen atoms in total. The lowest BCUT2D eigenvalue weighted by molar-refractivity contribution is -0.126. The van der Waals surface area contributed by atoms with Gasteiger partial charge in [-0.25, -0.2) is 0 Å². The molecular formula is C20H34N4O4. The van der Waals surface area contributed by atoms with Crippen molar-refractivity contribution in [3.8, 4) is 6.08 Å². The summed E-state index contributed by atoms with van der Waals surface area (Å²) < 4.78 is 10.4. The maximum absolute atomic E-state index is 12.9. The van der Waals surface area contributed by atoms with E-state index in [1.807, 2.05) is 32.8 Å². The van der Waals surface area contributed by atoms with Gasteiger partial charge in [0, 0.05) is 12.5 Å². The molecule has 1 atom stereocenters. The van der Waals surface area contributed by atoms with E-state index in [4.69, 9.17) is 9.26 Å². The number of carbonyl (C=O) groups excluding carboxylic acids is 2. The molecule has 0 aromatic carbocycles. The first-order valence-electron chi connectivity index (χ1n) is 10.3. The van der Waals surface area contributed by atoms with Crippen LogP contribution in [0.2, 0.25) is 0 Å². The fourth-order valence-electron chi connectivity index (χ4n) is 3.37. The molecule has 158 valence electrons. The Morgan fingerprint density at radius 3 is 2.50 bits per heavy atom. The van der Waals surface area contributed by atoms with Gasteiger partial charge in [-0.3, -0.25) is 14.1 Å². The van der Waals surface area contributed by atoms with E-state index >= 15 is 0 Å². The van der Waals surface area contributed by atoms with Crippen LogP contribution >= 0.6 is 0 Å². The van der Waals surface area contributed by atoms with Crippen molar-refractivity contribution in [1.29, 1.82) is 0 Å². The number of rotatable bonds is 10. The molecule has 2 rings (SSSR count). The summed E-state index contributed by atoms with van der Waals surface area (Å²) in [7, 11) is 3.86. The van der Waals surface area contributed by atoms with Crippen molar-refractivity contribution in [1.82, 2.24) is 20.4 Å². The molecule has 0 radical (unpaired) electrons. The van der Waals surface area contributed by atoms with Crippen LogP contribution in [0.4, 0.5) is 0 Å². The molecule has 28 heavy (non-hydrogen) atoms. The highest BCUT2D eigenvalue weighted by Crippen LogP contribution is 2.23. The van der Waals surface area contributed by atoms with Gasteiger partial charge in [-0.15, -0.1) is 4.98 Å². The fraction of sp³-hybridized carbons (Fsp3) is 0.800. The van der Waals surface area contributed by atoms with Gasteiger partial charge in [0.2, 0.25) is 17.5 Å². The second kappa shape index (κ2) is 11.1. The minimum absolute atomic E-state index is 0.0137. The number of hydrogen-bond acceptors (Lipinski definition) is 7. The Balaban J connectivity index is 2.00. The number of likely N-dealkylation sites (N-methyl/N-ethyl adjacent to an activating group) is 1. The topological polar surface area (TPSA) is 97.6 Å². The summed E-state index contributed by atoms with van der Waals surface area (Å²) in [6.07, 6.45) is 6.78. The maximum Gasteiger partial charge on any atom is 0.417 e. The van der Waals surface area contributed by atoms with Gasteiger partial charge in [-0.05, 0) is 44.4 Å². The highest BCUT2D eigenvalue weighted by molar-refractivity contribution is 5.99. The fourth-order valence-corrected chi connectivity index (χ4v) is 3.37. The third-order valence-electron chi connectivity index (χ3n) is 4.96. The normalized spacial score (nSPS) is 16.8.